The summed E-state index contributed by atoms with van der Waals surface area (Å²) in [7, 11) is 0. The summed E-state index contributed by atoms with van der Waals surface area (Å²) >= 11 is 0. The molecule has 130 valence electrons. The Balaban J connectivity index is 0.00000208. The normalized spacial score (nSPS) is 17.1. The number of anilines is 1. The fourth-order valence-corrected chi connectivity index (χ4v) is 2.55. The van der Waals surface area contributed by atoms with Gasteiger partial charge in [-0.25, -0.2) is 4.68 Å². The van der Waals surface area contributed by atoms with Gasteiger partial charge in [-0.15, -0.1) is 17.5 Å². The van der Waals surface area contributed by atoms with E-state index in [1.807, 2.05) is 31.2 Å². The lowest BCUT2D eigenvalue weighted by Gasteiger charge is -2.23. The first-order valence-electron chi connectivity index (χ1n) is 7.74. The van der Waals surface area contributed by atoms with Crippen molar-refractivity contribution in [2.45, 2.75) is 25.9 Å². The monoisotopic (exact) mass is 352 g/mol. The summed E-state index contributed by atoms with van der Waals surface area (Å²) in [5, 5.41) is 17.8. The maximum Gasteiger partial charge on any atom is 0.226 e. The van der Waals surface area contributed by atoms with Crippen LogP contribution in [0.5, 0.6) is 0 Å². The number of morpholine rings is 1. The van der Waals surface area contributed by atoms with Crippen molar-refractivity contribution < 1.29 is 9.53 Å². The lowest BCUT2D eigenvalue weighted by molar-refractivity contribution is -0.117. The van der Waals surface area contributed by atoms with Crippen molar-refractivity contribution in [2.24, 2.45) is 0 Å². The van der Waals surface area contributed by atoms with Crippen LogP contribution in [0.25, 0.3) is 11.4 Å². The molecule has 1 aromatic carbocycles. The number of aromatic nitrogens is 4. The van der Waals surface area contributed by atoms with Gasteiger partial charge in [-0.05, 0) is 29.5 Å². The molecule has 1 saturated heterocycles. The highest BCUT2D eigenvalue weighted by molar-refractivity contribution is 5.91. The molecule has 3 rings (SSSR count). The number of nitrogens with zero attached hydrogens (tertiary/aromatic N) is 4. The largest absolute Gasteiger partial charge is 0.378 e. The summed E-state index contributed by atoms with van der Waals surface area (Å²) in [5.41, 5.74) is 1.60. The van der Waals surface area contributed by atoms with E-state index in [1.165, 1.54) is 0 Å². The van der Waals surface area contributed by atoms with E-state index >= 15 is 0 Å². The zero-order chi connectivity index (χ0) is 16.1. The molecule has 1 fully saturated rings. The SMILES string of the molecule is CCn1nnnc1-c1cccc(NC(=O)CC2COCCN2)c1.Cl. The minimum Gasteiger partial charge on any atom is -0.378 e. The van der Waals surface area contributed by atoms with Crippen molar-refractivity contribution >= 4 is 24.0 Å². The molecule has 1 unspecified atom stereocenters. The van der Waals surface area contributed by atoms with Crippen LogP contribution in [0.4, 0.5) is 5.69 Å². The van der Waals surface area contributed by atoms with Crippen molar-refractivity contribution in [2.75, 3.05) is 25.1 Å². The van der Waals surface area contributed by atoms with Gasteiger partial charge in [0.2, 0.25) is 5.91 Å². The van der Waals surface area contributed by atoms with Crippen LogP contribution in [0.3, 0.4) is 0 Å². The second-order valence-electron chi connectivity index (χ2n) is 5.38. The van der Waals surface area contributed by atoms with Gasteiger partial charge in [-0.1, -0.05) is 12.1 Å². The van der Waals surface area contributed by atoms with Crippen molar-refractivity contribution in [3.05, 3.63) is 24.3 Å². The van der Waals surface area contributed by atoms with Crippen LogP contribution in [-0.4, -0.2) is 51.9 Å². The maximum absolute atomic E-state index is 12.1. The zero-order valence-electron chi connectivity index (χ0n) is 13.4. The molecule has 0 spiro atoms. The third kappa shape index (κ3) is 4.50. The maximum atomic E-state index is 12.1. The summed E-state index contributed by atoms with van der Waals surface area (Å²) < 4.78 is 7.07. The topological polar surface area (TPSA) is 94.0 Å². The van der Waals surface area contributed by atoms with Gasteiger partial charge in [-0.2, -0.15) is 0 Å². The van der Waals surface area contributed by atoms with Crippen LogP contribution < -0.4 is 10.6 Å². The Morgan fingerprint density at radius 2 is 2.38 bits per heavy atom. The molecule has 2 aromatic rings. The van der Waals surface area contributed by atoms with E-state index in [4.69, 9.17) is 4.74 Å². The van der Waals surface area contributed by atoms with Crippen LogP contribution in [-0.2, 0) is 16.1 Å². The van der Waals surface area contributed by atoms with Gasteiger partial charge in [0, 0.05) is 36.8 Å². The lowest BCUT2D eigenvalue weighted by Crippen LogP contribution is -2.43. The Hall–Kier alpha value is -2.03. The van der Waals surface area contributed by atoms with E-state index in [1.54, 1.807) is 4.68 Å². The number of carbonyl (C=O) groups excluding carboxylic acids is 1. The molecule has 9 heteroatoms. The van der Waals surface area contributed by atoms with E-state index in [2.05, 4.69) is 26.2 Å². The Morgan fingerprint density at radius 3 is 3.12 bits per heavy atom. The predicted molar refractivity (Wildman–Crippen MR) is 92.0 cm³/mol. The Kier molecular flexibility index (Phi) is 6.65. The second-order valence-corrected chi connectivity index (χ2v) is 5.38. The molecule has 0 aliphatic carbocycles. The molecule has 0 radical (unpaired) electrons. The lowest BCUT2D eigenvalue weighted by atomic mass is 10.1. The standard InChI is InChI=1S/C15H20N6O2.ClH/c1-2-21-15(18-19-20-21)11-4-3-5-12(8-11)17-14(22)9-13-10-23-7-6-16-13;/h3-5,8,13,16H,2,6-7,9-10H2,1H3,(H,17,22);1H. The summed E-state index contributed by atoms with van der Waals surface area (Å²) in [6.07, 6.45) is 0.386. The molecule has 2 heterocycles. The van der Waals surface area contributed by atoms with E-state index in [0.717, 1.165) is 17.8 Å². The van der Waals surface area contributed by atoms with Crippen molar-refractivity contribution in [1.29, 1.82) is 0 Å². The minimum absolute atomic E-state index is 0. The molecule has 24 heavy (non-hydrogen) atoms. The van der Waals surface area contributed by atoms with Crippen LogP contribution >= 0.6 is 12.4 Å². The molecule has 0 saturated carbocycles. The molecule has 8 nitrogen and oxygen atoms in total. The van der Waals surface area contributed by atoms with Crippen LogP contribution in [0.2, 0.25) is 0 Å². The Morgan fingerprint density at radius 1 is 1.50 bits per heavy atom. The number of hydrogen-bond donors (Lipinski definition) is 2. The van der Waals surface area contributed by atoms with Crippen molar-refractivity contribution in [3.63, 3.8) is 0 Å². The fourth-order valence-electron chi connectivity index (χ4n) is 2.55. The summed E-state index contributed by atoms with van der Waals surface area (Å²) in [6.45, 7) is 4.72. The number of nitrogens with one attached hydrogen (secondary N) is 2. The highest BCUT2D eigenvalue weighted by atomic mass is 35.5. The van der Waals surface area contributed by atoms with Crippen LogP contribution in [0.1, 0.15) is 13.3 Å². The first-order valence-corrected chi connectivity index (χ1v) is 7.74. The average Bonchev–Trinajstić information content (AvgIpc) is 3.04. The fraction of sp³-hybridized carbons (Fsp3) is 0.467. The number of benzene rings is 1. The molecule has 2 N–H and O–H groups in total. The van der Waals surface area contributed by atoms with E-state index in [-0.39, 0.29) is 24.4 Å². The smallest absolute Gasteiger partial charge is 0.226 e. The van der Waals surface area contributed by atoms with Crippen LogP contribution in [0.15, 0.2) is 24.3 Å². The molecular weight excluding hydrogens is 332 g/mol. The van der Waals surface area contributed by atoms with Gasteiger partial charge >= 0.3 is 0 Å². The van der Waals surface area contributed by atoms with Crippen molar-refractivity contribution in [1.82, 2.24) is 25.5 Å². The number of carbonyl (C=O) groups is 1. The van der Waals surface area contributed by atoms with Gasteiger partial charge in [0.15, 0.2) is 5.82 Å². The number of amides is 1. The van der Waals surface area contributed by atoms with E-state index < -0.39 is 0 Å². The molecule has 1 atom stereocenters. The second kappa shape index (κ2) is 8.72. The molecule has 1 aliphatic rings. The number of rotatable bonds is 5. The van der Waals surface area contributed by atoms with E-state index in [9.17, 15) is 4.79 Å². The molecule has 0 bridgehead atoms. The Labute approximate surface area is 146 Å². The predicted octanol–water partition coefficient (Wildman–Crippen LogP) is 1.10. The summed E-state index contributed by atoms with van der Waals surface area (Å²) in [6, 6.07) is 7.60. The van der Waals surface area contributed by atoms with Crippen molar-refractivity contribution in [3.8, 4) is 11.4 Å². The number of halogens is 1. The summed E-state index contributed by atoms with van der Waals surface area (Å²) in [5.74, 6) is 0.645. The first kappa shape index (κ1) is 18.3. The molecule has 1 aliphatic heterocycles. The highest BCUT2D eigenvalue weighted by Crippen LogP contribution is 2.20. The molecule has 1 amide bonds. The quantitative estimate of drug-likeness (QED) is 0.836. The molecule has 1 aromatic heterocycles. The third-order valence-electron chi connectivity index (χ3n) is 3.67. The van der Waals surface area contributed by atoms with Gasteiger partial charge < -0.3 is 15.4 Å². The number of hydrogen-bond acceptors (Lipinski definition) is 6. The first-order chi connectivity index (χ1) is 11.3. The van der Waals surface area contributed by atoms with E-state index in [0.29, 0.717) is 32.0 Å². The molecular formula is C15H21ClN6O2. The Bertz CT molecular complexity index is 671. The van der Waals surface area contributed by atoms with Crippen LogP contribution in [0, 0.1) is 0 Å². The third-order valence-corrected chi connectivity index (χ3v) is 3.67. The average molecular weight is 353 g/mol. The summed E-state index contributed by atoms with van der Waals surface area (Å²) in [4.78, 5) is 12.1. The van der Waals surface area contributed by atoms with Gasteiger partial charge in [0.05, 0.1) is 13.2 Å². The number of aryl methyl sites for hydroxylation is 1. The number of ether oxygens (including phenoxy) is 1. The van der Waals surface area contributed by atoms with Gasteiger partial charge in [-0.3, -0.25) is 4.79 Å². The zero-order valence-corrected chi connectivity index (χ0v) is 14.3. The minimum atomic E-state index is -0.0415. The van der Waals surface area contributed by atoms with Gasteiger partial charge in [0.1, 0.15) is 0 Å². The number of tetrazole rings is 1. The van der Waals surface area contributed by atoms with Gasteiger partial charge in [0.25, 0.3) is 0 Å². The highest BCUT2D eigenvalue weighted by Gasteiger charge is 2.17.